The Morgan fingerprint density at radius 2 is 2.40 bits per heavy atom. The summed E-state index contributed by atoms with van der Waals surface area (Å²) >= 11 is 3.31. The SMILES string of the molecule is CCC(Br)C(=O)NC(C)Cn1cccn1. The molecular formula is C10H16BrN3O. The summed E-state index contributed by atoms with van der Waals surface area (Å²) in [6.07, 6.45) is 4.41. The molecule has 2 atom stereocenters. The minimum Gasteiger partial charge on any atom is -0.351 e. The van der Waals surface area contributed by atoms with Crippen molar-refractivity contribution in [3.63, 3.8) is 0 Å². The van der Waals surface area contributed by atoms with Crippen LogP contribution in [0.1, 0.15) is 20.3 Å². The summed E-state index contributed by atoms with van der Waals surface area (Å²) in [6, 6.07) is 1.96. The second kappa shape index (κ2) is 5.90. The van der Waals surface area contributed by atoms with E-state index in [0.29, 0.717) is 6.54 Å². The number of carbonyl (C=O) groups excluding carboxylic acids is 1. The number of carbonyl (C=O) groups is 1. The van der Waals surface area contributed by atoms with Crippen LogP contribution in [0.15, 0.2) is 18.5 Å². The first-order valence-electron chi connectivity index (χ1n) is 5.05. The Kier molecular flexibility index (Phi) is 4.81. The number of halogens is 1. The number of aromatic nitrogens is 2. The van der Waals surface area contributed by atoms with E-state index in [0.717, 1.165) is 6.42 Å². The minimum absolute atomic E-state index is 0.0390. The van der Waals surface area contributed by atoms with E-state index in [2.05, 4.69) is 26.3 Å². The average Bonchev–Trinajstić information content (AvgIpc) is 2.68. The fraction of sp³-hybridized carbons (Fsp3) is 0.600. The van der Waals surface area contributed by atoms with Gasteiger partial charge in [0.05, 0.1) is 11.4 Å². The lowest BCUT2D eigenvalue weighted by atomic mass is 10.3. The number of amides is 1. The standard InChI is InChI=1S/C10H16BrN3O/c1-3-9(11)10(15)13-8(2)7-14-6-4-5-12-14/h4-6,8-9H,3,7H2,1-2H3,(H,13,15). The molecule has 0 spiro atoms. The molecule has 0 aliphatic carbocycles. The highest BCUT2D eigenvalue weighted by molar-refractivity contribution is 9.10. The molecule has 1 heterocycles. The summed E-state index contributed by atoms with van der Waals surface area (Å²) in [7, 11) is 0. The summed E-state index contributed by atoms with van der Waals surface area (Å²) < 4.78 is 1.81. The first-order chi connectivity index (χ1) is 7.13. The third kappa shape index (κ3) is 4.03. The van der Waals surface area contributed by atoms with Gasteiger partial charge in [0.15, 0.2) is 0 Å². The van der Waals surface area contributed by atoms with Gasteiger partial charge < -0.3 is 5.32 Å². The van der Waals surface area contributed by atoms with Crippen LogP contribution in [0.5, 0.6) is 0 Å². The molecule has 1 aromatic rings. The smallest absolute Gasteiger partial charge is 0.234 e. The molecule has 0 saturated heterocycles. The zero-order chi connectivity index (χ0) is 11.3. The van der Waals surface area contributed by atoms with Crippen molar-refractivity contribution < 1.29 is 4.79 Å². The van der Waals surface area contributed by atoms with E-state index in [1.165, 1.54) is 0 Å². The van der Waals surface area contributed by atoms with Crippen LogP contribution in [0, 0.1) is 0 Å². The maximum absolute atomic E-state index is 11.5. The van der Waals surface area contributed by atoms with Crippen LogP contribution in [0.3, 0.4) is 0 Å². The number of nitrogens with zero attached hydrogens (tertiary/aromatic N) is 2. The number of hydrogen-bond acceptors (Lipinski definition) is 2. The fourth-order valence-corrected chi connectivity index (χ4v) is 1.39. The van der Waals surface area contributed by atoms with Gasteiger partial charge in [-0.25, -0.2) is 0 Å². The third-order valence-electron chi connectivity index (χ3n) is 2.05. The molecule has 0 fully saturated rings. The molecule has 1 aromatic heterocycles. The van der Waals surface area contributed by atoms with E-state index in [9.17, 15) is 4.79 Å². The van der Waals surface area contributed by atoms with Gasteiger partial charge in [-0.05, 0) is 19.4 Å². The number of alkyl halides is 1. The molecule has 4 nitrogen and oxygen atoms in total. The van der Waals surface area contributed by atoms with Crippen LogP contribution < -0.4 is 5.32 Å². The van der Waals surface area contributed by atoms with Gasteiger partial charge in [0, 0.05) is 18.4 Å². The van der Waals surface area contributed by atoms with Crippen LogP contribution in [0.2, 0.25) is 0 Å². The summed E-state index contributed by atoms with van der Waals surface area (Å²) in [4.78, 5) is 11.4. The van der Waals surface area contributed by atoms with Crippen molar-refractivity contribution in [3.8, 4) is 0 Å². The Morgan fingerprint density at radius 1 is 1.67 bits per heavy atom. The van der Waals surface area contributed by atoms with Crippen LogP contribution in [-0.2, 0) is 11.3 Å². The second-order valence-corrected chi connectivity index (χ2v) is 4.62. The van der Waals surface area contributed by atoms with Crippen molar-refractivity contribution in [2.24, 2.45) is 0 Å². The number of nitrogens with one attached hydrogen (secondary N) is 1. The lowest BCUT2D eigenvalue weighted by Crippen LogP contribution is -2.39. The molecule has 0 aliphatic heterocycles. The van der Waals surface area contributed by atoms with Gasteiger partial charge in [-0.2, -0.15) is 5.10 Å². The molecule has 0 radical (unpaired) electrons. The van der Waals surface area contributed by atoms with Crippen molar-refractivity contribution in [1.82, 2.24) is 15.1 Å². The molecule has 84 valence electrons. The number of rotatable bonds is 5. The first-order valence-corrected chi connectivity index (χ1v) is 5.97. The van der Waals surface area contributed by atoms with E-state index in [4.69, 9.17) is 0 Å². The highest BCUT2D eigenvalue weighted by Crippen LogP contribution is 2.04. The van der Waals surface area contributed by atoms with Crippen LogP contribution >= 0.6 is 15.9 Å². The van der Waals surface area contributed by atoms with E-state index < -0.39 is 0 Å². The average molecular weight is 274 g/mol. The molecule has 0 bridgehead atoms. The summed E-state index contributed by atoms with van der Waals surface area (Å²) in [5.41, 5.74) is 0. The van der Waals surface area contributed by atoms with E-state index in [-0.39, 0.29) is 16.8 Å². The Morgan fingerprint density at radius 3 is 2.93 bits per heavy atom. The highest BCUT2D eigenvalue weighted by atomic mass is 79.9. The van der Waals surface area contributed by atoms with Crippen molar-refractivity contribution in [1.29, 1.82) is 0 Å². The molecule has 1 amide bonds. The number of hydrogen-bond donors (Lipinski definition) is 1. The largest absolute Gasteiger partial charge is 0.351 e. The first kappa shape index (κ1) is 12.2. The van der Waals surface area contributed by atoms with E-state index in [1.54, 1.807) is 10.9 Å². The Hall–Kier alpha value is -0.840. The van der Waals surface area contributed by atoms with E-state index >= 15 is 0 Å². The topological polar surface area (TPSA) is 46.9 Å². The Balaban J connectivity index is 2.36. The highest BCUT2D eigenvalue weighted by Gasteiger charge is 2.14. The quantitative estimate of drug-likeness (QED) is 0.828. The summed E-state index contributed by atoms with van der Waals surface area (Å²) in [5, 5.41) is 7.00. The Labute approximate surface area is 98.2 Å². The van der Waals surface area contributed by atoms with Gasteiger partial charge in [-0.15, -0.1) is 0 Å². The van der Waals surface area contributed by atoms with Crippen molar-refractivity contribution in [3.05, 3.63) is 18.5 Å². The molecule has 2 unspecified atom stereocenters. The van der Waals surface area contributed by atoms with Gasteiger partial charge in [-0.1, -0.05) is 22.9 Å². The molecule has 15 heavy (non-hydrogen) atoms. The predicted molar refractivity (Wildman–Crippen MR) is 62.8 cm³/mol. The predicted octanol–water partition coefficient (Wildman–Crippen LogP) is 1.56. The third-order valence-corrected chi connectivity index (χ3v) is 3.12. The zero-order valence-corrected chi connectivity index (χ0v) is 10.6. The second-order valence-electron chi connectivity index (χ2n) is 3.51. The van der Waals surface area contributed by atoms with Gasteiger partial charge >= 0.3 is 0 Å². The molecule has 0 aromatic carbocycles. The van der Waals surface area contributed by atoms with Crippen LogP contribution in [-0.4, -0.2) is 26.6 Å². The maximum Gasteiger partial charge on any atom is 0.234 e. The lowest BCUT2D eigenvalue weighted by Gasteiger charge is -2.15. The van der Waals surface area contributed by atoms with Crippen LogP contribution in [0.25, 0.3) is 0 Å². The van der Waals surface area contributed by atoms with Gasteiger partial charge in [0.2, 0.25) is 5.91 Å². The van der Waals surface area contributed by atoms with Crippen molar-refractivity contribution in [2.75, 3.05) is 0 Å². The molecule has 1 rings (SSSR count). The summed E-state index contributed by atoms with van der Waals surface area (Å²) in [6.45, 7) is 4.63. The van der Waals surface area contributed by atoms with Gasteiger partial charge in [0.25, 0.3) is 0 Å². The normalized spacial score (nSPS) is 14.6. The zero-order valence-electron chi connectivity index (χ0n) is 8.98. The van der Waals surface area contributed by atoms with Crippen molar-refractivity contribution in [2.45, 2.75) is 37.7 Å². The lowest BCUT2D eigenvalue weighted by molar-refractivity contribution is -0.121. The Bertz CT molecular complexity index is 300. The molecule has 0 saturated carbocycles. The monoisotopic (exact) mass is 273 g/mol. The van der Waals surface area contributed by atoms with Gasteiger partial charge in [0.1, 0.15) is 0 Å². The van der Waals surface area contributed by atoms with Gasteiger partial charge in [-0.3, -0.25) is 9.48 Å². The molecule has 5 heteroatoms. The van der Waals surface area contributed by atoms with Crippen molar-refractivity contribution >= 4 is 21.8 Å². The molecule has 1 N–H and O–H groups in total. The van der Waals surface area contributed by atoms with E-state index in [1.807, 2.05) is 26.1 Å². The molecule has 0 aliphatic rings. The fourth-order valence-electron chi connectivity index (χ4n) is 1.25. The molecular weight excluding hydrogens is 258 g/mol. The summed E-state index contributed by atoms with van der Waals surface area (Å²) in [5.74, 6) is 0.0390. The maximum atomic E-state index is 11.5. The van der Waals surface area contributed by atoms with Crippen LogP contribution in [0.4, 0.5) is 0 Å². The minimum atomic E-state index is -0.0995.